The van der Waals surface area contributed by atoms with Crippen molar-refractivity contribution in [2.24, 2.45) is 0 Å². The van der Waals surface area contributed by atoms with Crippen LogP contribution < -0.4 is 0 Å². The summed E-state index contributed by atoms with van der Waals surface area (Å²) < 4.78 is 19.1. The summed E-state index contributed by atoms with van der Waals surface area (Å²) in [6.07, 6.45) is 7.05. The molecule has 0 radical (unpaired) electrons. The number of rotatable bonds is 9. The normalized spacial score (nSPS) is 13.1. The Labute approximate surface area is 87.8 Å². The topological polar surface area (TPSA) is 35.5 Å². The molecular weight excluding hydrogens is 212 g/mol. The first kappa shape index (κ1) is 13.4. The highest BCUT2D eigenvalue weighted by molar-refractivity contribution is 7.75. The Hall–Kier alpha value is 0.360. The van der Waals surface area contributed by atoms with Crippen molar-refractivity contribution in [3.63, 3.8) is 0 Å². The fourth-order valence-corrected chi connectivity index (χ4v) is 1.43. The second kappa shape index (κ2) is 10.4. The van der Waals surface area contributed by atoms with Crippen LogP contribution in [0.2, 0.25) is 0 Å². The molecule has 0 spiro atoms. The summed E-state index contributed by atoms with van der Waals surface area (Å²) in [5.74, 6) is 0. The molecule has 0 aliphatic carbocycles. The summed E-state index contributed by atoms with van der Waals surface area (Å²) in [6, 6.07) is 0. The van der Waals surface area contributed by atoms with Crippen molar-refractivity contribution in [3.05, 3.63) is 0 Å². The molecule has 0 bridgehead atoms. The Morgan fingerprint density at radius 2 is 1.77 bits per heavy atom. The zero-order valence-corrected chi connectivity index (χ0v) is 9.53. The quantitative estimate of drug-likeness (QED) is 0.569. The fourth-order valence-electron chi connectivity index (χ4n) is 1.03. The maximum absolute atomic E-state index is 10.5. The third kappa shape index (κ3) is 10.3. The van der Waals surface area contributed by atoms with Gasteiger partial charge in [-0.15, -0.1) is 0 Å². The molecule has 0 aromatic heterocycles. The van der Waals surface area contributed by atoms with Crippen LogP contribution in [-0.4, -0.2) is 10.8 Å². The minimum atomic E-state index is -1.77. The van der Waals surface area contributed by atoms with Gasteiger partial charge in [-0.2, -0.15) is 7.94 Å². The molecule has 3 nitrogen and oxygen atoms in total. The lowest BCUT2D eigenvalue weighted by Gasteiger charge is -2.00. The van der Waals surface area contributed by atoms with Crippen molar-refractivity contribution in [2.45, 2.75) is 45.4 Å². The summed E-state index contributed by atoms with van der Waals surface area (Å²) in [5, 5.41) is 0. The van der Waals surface area contributed by atoms with E-state index in [0.29, 0.717) is 6.61 Å². The van der Waals surface area contributed by atoms with Crippen LogP contribution in [0.25, 0.3) is 0 Å². The number of halogens is 1. The first-order valence-corrected chi connectivity index (χ1v) is 5.96. The van der Waals surface area contributed by atoms with Crippen molar-refractivity contribution in [3.8, 4) is 0 Å². The number of unbranched alkanes of at least 4 members (excludes halogenated alkanes) is 5. The summed E-state index contributed by atoms with van der Waals surface area (Å²) in [5.41, 5.74) is 0. The second-order valence-electron chi connectivity index (χ2n) is 2.86. The van der Waals surface area contributed by atoms with Gasteiger partial charge < -0.3 is 0 Å². The first-order valence-electron chi connectivity index (χ1n) is 4.65. The maximum atomic E-state index is 10.5. The molecule has 0 rings (SSSR count). The third-order valence-corrected chi connectivity index (χ3v) is 2.50. The fraction of sp³-hybridized carbons (Fsp3) is 1.00. The van der Waals surface area contributed by atoms with Crippen LogP contribution in [0.15, 0.2) is 0 Å². The second-order valence-corrected chi connectivity index (χ2v) is 4.00. The van der Waals surface area contributed by atoms with Crippen molar-refractivity contribution < 1.29 is 12.1 Å². The summed E-state index contributed by atoms with van der Waals surface area (Å²) in [7, 11) is 0. The molecular formula is C8H17ClO3S. The van der Waals surface area contributed by atoms with Crippen LogP contribution in [-0.2, 0) is 19.3 Å². The van der Waals surface area contributed by atoms with Gasteiger partial charge in [-0.3, -0.25) is 4.18 Å². The lowest BCUT2D eigenvalue weighted by atomic mass is 10.1. The minimum absolute atomic E-state index is 0.450. The summed E-state index contributed by atoms with van der Waals surface area (Å²) >= 11 is 3.04. The van der Waals surface area contributed by atoms with Gasteiger partial charge >= 0.3 is 11.4 Å². The van der Waals surface area contributed by atoms with Gasteiger partial charge in [0.2, 0.25) is 0 Å². The lowest BCUT2D eigenvalue weighted by Crippen LogP contribution is -1.98. The molecule has 5 heteroatoms. The van der Waals surface area contributed by atoms with Crippen LogP contribution in [0, 0.1) is 0 Å². The first-order chi connectivity index (χ1) is 6.31. The van der Waals surface area contributed by atoms with Gasteiger partial charge in [-0.05, 0) is 6.42 Å². The van der Waals surface area contributed by atoms with Gasteiger partial charge in [0.15, 0.2) is 0 Å². The zero-order chi connectivity index (χ0) is 9.94. The summed E-state index contributed by atoms with van der Waals surface area (Å²) in [4.78, 5) is 0. The molecule has 0 aromatic carbocycles. The predicted molar refractivity (Wildman–Crippen MR) is 54.4 cm³/mol. The molecule has 0 heterocycles. The third-order valence-electron chi connectivity index (χ3n) is 1.73. The predicted octanol–water partition coefficient (Wildman–Crippen LogP) is 3.11. The van der Waals surface area contributed by atoms with Crippen molar-refractivity contribution >= 4 is 23.2 Å². The smallest absolute Gasteiger partial charge is 0.267 e. The van der Waals surface area contributed by atoms with E-state index in [1.165, 1.54) is 25.7 Å². The molecule has 0 aromatic rings. The van der Waals surface area contributed by atoms with Crippen LogP contribution in [0.1, 0.15) is 45.4 Å². The van der Waals surface area contributed by atoms with Crippen LogP contribution >= 0.6 is 11.9 Å². The highest BCUT2D eigenvalue weighted by atomic mass is 35.5. The Morgan fingerprint density at radius 3 is 2.38 bits per heavy atom. The van der Waals surface area contributed by atoms with Gasteiger partial charge in [0.05, 0.1) is 18.5 Å². The number of hydrogen-bond donors (Lipinski definition) is 0. The van der Waals surface area contributed by atoms with Gasteiger partial charge in [0.25, 0.3) is 0 Å². The van der Waals surface area contributed by atoms with Gasteiger partial charge in [-0.25, -0.2) is 0 Å². The van der Waals surface area contributed by atoms with Gasteiger partial charge in [-0.1, -0.05) is 39.0 Å². The molecule has 0 amide bonds. The molecule has 0 fully saturated rings. The molecule has 0 saturated heterocycles. The van der Waals surface area contributed by atoms with E-state index in [-0.39, 0.29) is 0 Å². The van der Waals surface area contributed by atoms with E-state index >= 15 is 0 Å². The van der Waals surface area contributed by atoms with E-state index in [9.17, 15) is 4.21 Å². The van der Waals surface area contributed by atoms with E-state index in [4.69, 9.17) is 16.0 Å². The lowest BCUT2D eigenvalue weighted by molar-refractivity contribution is 0.304. The molecule has 80 valence electrons. The molecule has 0 aliphatic heterocycles. The Balaban J connectivity index is 2.95. The average molecular weight is 229 g/mol. The Bertz CT molecular complexity index is 133. The average Bonchev–Trinajstić information content (AvgIpc) is 2.16. The van der Waals surface area contributed by atoms with Crippen molar-refractivity contribution in [1.82, 2.24) is 0 Å². The molecule has 0 saturated carbocycles. The highest BCUT2D eigenvalue weighted by Crippen LogP contribution is 2.05. The highest BCUT2D eigenvalue weighted by Gasteiger charge is 1.97. The SMILES string of the molecule is CCCCCCCCOS(=O)OCl. The molecule has 0 aliphatic rings. The molecule has 1 atom stereocenters. The van der Waals surface area contributed by atoms with E-state index in [0.717, 1.165) is 12.8 Å². The maximum Gasteiger partial charge on any atom is 0.322 e. The van der Waals surface area contributed by atoms with Crippen LogP contribution in [0.5, 0.6) is 0 Å². The van der Waals surface area contributed by atoms with Crippen molar-refractivity contribution in [2.75, 3.05) is 6.61 Å². The molecule has 13 heavy (non-hydrogen) atoms. The number of hydrogen-bond acceptors (Lipinski definition) is 3. The van der Waals surface area contributed by atoms with Crippen LogP contribution in [0.3, 0.4) is 0 Å². The van der Waals surface area contributed by atoms with E-state index in [1.54, 1.807) is 0 Å². The Morgan fingerprint density at radius 1 is 1.15 bits per heavy atom. The standard InChI is InChI=1S/C8H17ClO3S/c1-2-3-4-5-6-7-8-11-13(10)12-9/h2-8H2,1H3. The van der Waals surface area contributed by atoms with E-state index < -0.39 is 11.4 Å². The minimum Gasteiger partial charge on any atom is -0.267 e. The largest absolute Gasteiger partial charge is 0.322 e. The van der Waals surface area contributed by atoms with Gasteiger partial charge in [0, 0.05) is 0 Å². The van der Waals surface area contributed by atoms with Crippen molar-refractivity contribution in [1.29, 1.82) is 0 Å². The van der Waals surface area contributed by atoms with Crippen LogP contribution in [0.4, 0.5) is 0 Å². The van der Waals surface area contributed by atoms with Gasteiger partial charge in [0.1, 0.15) is 0 Å². The molecule has 0 N–H and O–H groups in total. The molecule has 1 unspecified atom stereocenters. The van der Waals surface area contributed by atoms with E-state index in [1.807, 2.05) is 0 Å². The summed E-state index contributed by atoms with van der Waals surface area (Å²) in [6.45, 7) is 2.63. The Kier molecular flexibility index (Phi) is 10.7. The zero-order valence-electron chi connectivity index (χ0n) is 7.96. The van der Waals surface area contributed by atoms with E-state index in [2.05, 4.69) is 10.7 Å². The monoisotopic (exact) mass is 228 g/mol.